The molecule has 0 unspecified atom stereocenters. The van der Waals surface area contributed by atoms with Crippen molar-refractivity contribution in [2.45, 2.75) is 39.7 Å². The van der Waals surface area contributed by atoms with Crippen LogP contribution in [0.1, 0.15) is 41.8 Å². The van der Waals surface area contributed by atoms with Crippen LogP contribution in [-0.4, -0.2) is 39.7 Å². The van der Waals surface area contributed by atoms with Crippen molar-refractivity contribution in [2.75, 3.05) is 13.7 Å². The summed E-state index contributed by atoms with van der Waals surface area (Å²) in [7, 11) is 1.59. The first-order valence-corrected chi connectivity index (χ1v) is 7.58. The van der Waals surface area contributed by atoms with Crippen LogP contribution in [0.15, 0.2) is 9.32 Å². The zero-order chi connectivity index (χ0) is 17.7. The van der Waals surface area contributed by atoms with Gasteiger partial charge in [0, 0.05) is 24.8 Å². The lowest BCUT2D eigenvalue weighted by Crippen LogP contribution is -2.31. The lowest BCUT2D eigenvalue weighted by molar-refractivity contribution is -0.121. The van der Waals surface area contributed by atoms with Crippen molar-refractivity contribution in [3.05, 3.63) is 39.2 Å². The molecule has 2 aromatic heterocycles. The minimum Gasteiger partial charge on any atom is -0.384 e. The van der Waals surface area contributed by atoms with Gasteiger partial charge >= 0.3 is 0 Å². The van der Waals surface area contributed by atoms with E-state index in [-0.39, 0.29) is 17.9 Å². The van der Waals surface area contributed by atoms with Crippen LogP contribution in [0.25, 0.3) is 0 Å². The number of amides is 1. The number of nitrogens with one attached hydrogen (secondary N) is 2. The van der Waals surface area contributed by atoms with Crippen LogP contribution in [0.5, 0.6) is 0 Å². The Balaban J connectivity index is 1.99. The highest BCUT2D eigenvalue weighted by molar-refractivity contribution is 5.79. The number of carbonyl (C=O) groups excluding carboxylic acids is 1. The minimum absolute atomic E-state index is 0.0660. The summed E-state index contributed by atoms with van der Waals surface area (Å²) in [4.78, 5) is 35.1. The number of hydrogen-bond donors (Lipinski definition) is 2. The summed E-state index contributed by atoms with van der Waals surface area (Å²) in [6, 6.07) is -0.459. The van der Waals surface area contributed by atoms with E-state index in [1.807, 2.05) is 0 Å². The number of nitrogens with zero attached hydrogens (tertiary/aromatic N) is 3. The maximum atomic E-state index is 12.2. The summed E-state index contributed by atoms with van der Waals surface area (Å²) in [6.07, 6.45) is 0.466. The van der Waals surface area contributed by atoms with Gasteiger partial charge in [0.15, 0.2) is 5.82 Å². The van der Waals surface area contributed by atoms with Gasteiger partial charge in [-0.1, -0.05) is 5.16 Å². The van der Waals surface area contributed by atoms with Crippen LogP contribution < -0.4 is 10.9 Å². The van der Waals surface area contributed by atoms with Gasteiger partial charge in [-0.05, 0) is 20.8 Å². The summed E-state index contributed by atoms with van der Waals surface area (Å²) in [6.45, 7) is 5.61. The van der Waals surface area contributed by atoms with E-state index in [4.69, 9.17) is 9.26 Å². The van der Waals surface area contributed by atoms with E-state index in [1.165, 1.54) is 0 Å². The van der Waals surface area contributed by atoms with Gasteiger partial charge in [-0.2, -0.15) is 4.98 Å². The number of aryl methyl sites for hydroxylation is 2. The summed E-state index contributed by atoms with van der Waals surface area (Å²) < 4.78 is 10.1. The molecule has 2 rings (SSSR count). The van der Waals surface area contributed by atoms with E-state index in [0.29, 0.717) is 41.8 Å². The number of aromatic amines is 1. The van der Waals surface area contributed by atoms with E-state index >= 15 is 0 Å². The molecule has 0 aliphatic heterocycles. The molecule has 1 atom stereocenters. The van der Waals surface area contributed by atoms with Crippen LogP contribution in [-0.2, 0) is 22.4 Å². The largest absolute Gasteiger partial charge is 0.384 e. The zero-order valence-corrected chi connectivity index (χ0v) is 14.2. The Labute approximate surface area is 138 Å². The number of hydrogen-bond acceptors (Lipinski definition) is 7. The van der Waals surface area contributed by atoms with E-state index in [9.17, 15) is 9.59 Å². The molecule has 2 N–H and O–H groups in total. The van der Waals surface area contributed by atoms with Crippen molar-refractivity contribution in [1.82, 2.24) is 25.4 Å². The second kappa shape index (κ2) is 7.82. The van der Waals surface area contributed by atoms with Gasteiger partial charge in [0.05, 0.1) is 13.0 Å². The van der Waals surface area contributed by atoms with Crippen molar-refractivity contribution in [3.8, 4) is 0 Å². The van der Waals surface area contributed by atoms with E-state index in [1.54, 1.807) is 27.9 Å². The molecule has 130 valence electrons. The number of ether oxygens (including phenoxy) is 1. The molecule has 0 fully saturated rings. The van der Waals surface area contributed by atoms with Gasteiger partial charge in [-0.3, -0.25) is 9.59 Å². The molecule has 0 radical (unpaired) electrons. The predicted octanol–water partition coefficient (Wildman–Crippen LogP) is 0.379. The first-order chi connectivity index (χ1) is 11.4. The normalized spacial score (nSPS) is 12.2. The third-order valence-corrected chi connectivity index (χ3v) is 3.44. The molecule has 0 aromatic carbocycles. The number of aromatic nitrogens is 4. The van der Waals surface area contributed by atoms with Gasteiger partial charge in [-0.15, -0.1) is 0 Å². The minimum atomic E-state index is -0.459. The zero-order valence-electron chi connectivity index (χ0n) is 14.2. The van der Waals surface area contributed by atoms with Crippen molar-refractivity contribution >= 4 is 5.91 Å². The topological polar surface area (TPSA) is 123 Å². The van der Waals surface area contributed by atoms with Gasteiger partial charge < -0.3 is 19.6 Å². The number of H-pyrrole nitrogens is 1. The Hall–Kier alpha value is -2.55. The second-order valence-corrected chi connectivity index (χ2v) is 5.47. The number of carbonyl (C=O) groups is 1. The Kier molecular flexibility index (Phi) is 5.80. The van der Waals surface area contributed by atoms with Crippen molar-refractivity contribution in [1.29, 1.82) is 0 Å². The summed E-state index contributed by atoms with van der Waals surface area (Å²) >= 11 is 0. The summed E-state index contributed by atoms with van der Waals surface area (Å²) in [5, 5.41) is 6.56. The molecule has 0 saturated carbocycles. The molecule has 9 heteroatoms. The summed E-state index contributed by atoms with van der Waals surface area (Å²) in [5.41, 5.74) is 0.581. The molecule has 1 amide bonds. The first-order valence-electron chi connectivity index (χ1n) is 7.58. The molecule has 24 heavy (non-hydrogen) atoms. The Morgan fingerprint density at radius 1 is 1.38 bits per heavy atom. The van der Waals surface area contributed by atoms with E-state index in [0.717, 1.165) is 0 Å². The van der Waals surface area contributed by atoms with Gasteiger partial charge in [-0.25, -0.2) is 4.98 Å². The fraction of sp³-hybridized carbons (Fsp3) is 0.533. The lowest BCUT2D eigenvalue weighted by Gasteiger charge is -2.10. The average Bonchev–Trinajstić information content (AvgIpc) is 2.97. The number of rotatable bonds is 7. The van der Waals surface area contributed by atoms with Crippen LogP contribution in [0.2, 0.25) is 0 Å². The van der Waals surface area contributed by atoms with Crippen molar-refractivity contribution in [2.24, 2.45) is 0 Å². The predicted molar refractivity (Wildman–Crippen MR) is 84.5 cm³/mol. The number of methoxy groups -OCH3 is 1. The average molecular weight is 335 g/mol. The maximum absolute atomic E-state index is 12.2. The van der Waals surface area contributed by atoms with Crippen LogP contribution in [0.4, 0.5) is 0 Å². The lowest BCUT2D eigenvalue weighted by atomic mass is 10.1. The maximum Gasteiger partial charge on any atom is 0.254 e. The molecule has 0 aliphatic carbocycles. The summed E-state index contributed by atoms with van der Waals surface area (Å²) in [5.74, 6) is 1.02. The standard InChI is InChI=1S/C15H21N5O4/c1-8-11(14(22)18-10(3)16-8)7-13(21)17-9(2)15-19-12(20-24-15)5-6-23-4/h9H,5-7H2,1-4H3,(H,17,21)(H,16,18,22)/t9-/m1/s1. The Morgan fingerprint density at radius 3 is 2.79 bits per heavy atom. The molecule has 0 spiro atoms. The molecule has 0 aliphatic rings. The highest BCUT2D eigenvalue weighted by Gasteiger charge is 2.18. The highest BCUT2D eigenvalue weighted by atomic mass is 16.5. The molecule has 2 heterocycles. The SMILES string of the molecule is COCCc1noc([C@@H](C)NC(=O)Cc2c(C)nc(C)[nH]c2=O)n1. The fourth-order valence-corrected chi connectivity index (χ4v) is 2.21. The molecular formula is C15H21N5O4. The molecule has 0 bridgehead atoms. The third-order valence-electron chi connectivity index (χ3n) is 3.44. The fourth-order valence-electron chi connectivity index (χ4n) is 2.21. The van der Waals surface area contributed by atoms with Gasteiger partial charge in [0.25, 0.3) is 5.56 Å². The van der Waals surface area contributed by atoms with Gasteiger partial charge in [0.1, 0.15) is 11.9 Å². The van der Waals surface area contributed by atoms with E-state index in [2.05, 4.69) is 25.4 Å². The van der Waals surface area contributed by atoms with Crippen LogP contribution in [0.3, 0.4) is 0 Å². The second-order valence-electron chi connectivity index (χ2n) is 5.47. The smallest absolute Gasteiger partial charge is 0.254 e. The Bertz CT molecular complexity index is 767. The monoisotopic (exact) mass is 335 g/mol. The third kappa shape index (κ3) is 4.48. The van der Waals surface area contributed by atoms with Crippen LogP contribution >= 0.6 is 0 Å². The Morgan fingerprint density at radius 2 is 2.12 bits per heavy atom. The van der Waals surface area contributed by atoms with Crippen molar-refractivity contribution in [3.63, 3.8) is 0 Å². The van der Waals surface area contributed by atoms with E-state index < -0.39 is 6.04 Å². The molecule has 9 nitrogen and oxygen atoms in total. The highest BCUT2D eigenvalue weighted by Crippen LogP contribution is 2.10. The molecule has 2 aromatic rings. The molecular weight excluding hydrogens is 314 g/mol. The van der Waals surface area contributed by atoms with Gasteiger partial charge in [0.2, 0.25) is 11.8 Å². The van der Waals surface area contributed by atoms with Crippen molar-refractivity contribution < 1.29 is 14.1 Å². The molecule has 0 saturated heterocycles. The van der Waals surface area contributed by atoms with Crippen LogP contribution in [0, 0.1) is 13.8 Å². The quantitative estimate of drug-likeness (QED) is 0.749. The first kappa shape index (κ1) is 17.8.